The summed E-state index contributed by atoms with van der Waals surface area (Å²) >= 11 is 0. The highest BCUT2D eigenvalue weighted by atomic mass is 16.5. The number of ether oxygens (including phenoxy) is 2. The smallest absolute Gasteiger partial charge is 0.0808 e. The second-order valence-electron chi connectivity index (χ2n) is 5.47. The highest BCUT2D eigenvalue weighted by molar-refractivity contribution is 5.19. The Bertz CT molecular complexity index is 363. The molecule has 2 rings (SSSR count). The summed E-state index contributed by atoms with van der Waals surface area (Å²) in [6.45, 7) is 6.80. The van der Waals surface area contributed by atoms with Gasteiger partial charge in [-0.25, -0.2) is 0 Å². The molecule has 20 heavy (non-hydrogen) atoms. The zero-order chi connectivity index (χ0) is 14.2. The second-order valence-corrected chi connectivity index (χ2v) is 5.47. The summed E-state index contributed by atoms with van der Waals surface area (Å²) in [5.74, 6) is 0. The SMILES string of the molecule is CCNC(c1ccccc1)C(C)OCC1CCCCO1. The Morgan fingerprint density at radius 2 is 2.10 bits per heavy atom. The van der Waals surface area contributed by atoms with Crippen LogP contribution in [0.3, 0.4) is 0 Å². The molecular formula is C17H27NO2. The first-order valence-electron chi connectivity index (χ1n) is 7.82. The van der Waals surface area contributed by atoms with Gasteiger partial charge in [-0.3, -0.25) is 0 Å². The van der Waals surface area contributed by atoms with E-state index in [2.05, 4.69) is 43.4 Å². The van der Waals surface area contributed by atoms with Gasteiger partial charge in [0.1, 0.15) is 0 Å². The third-order valence-corrected chi connectivity index (χ3v) is 3.87. The van der Waals surface area contributed by atoms with Crippen LogP contribution in [-0.4, -0.2) is 32.0 Å². The molecule has 112 valence electrons. The molecule has 1 aliphatic heterocycles. The van der Waals surface area contributed by atoms with Crippen molar-refractivity contribution in [1.29, 1.82) is 0 Å². The average Bonchev–Trinajstić information content (AvgIpc) is 2.52. The number of rotatable bonds is 7. The van der Waals surface area contributed by atoms with Crippen molar-refractivity contribution in [3.63, 3.8) is 0 Å². The molecule has 1 aromatic carbocycles. The van der Waals surface area contributed by atoms with Crippen LogP contribution in [0.1, 0.15) is 44.7 Å². The zero-order valence-corrected chi connectivity index (χ0v) is 12.7. The third-order valence-electron chi connectivity index (χ3n) is 3.87. The van der Waals surface area contributed by atoms with Crippen molar-refractivity contribution in [2.45, 2.75) is 51.4 Å². The molecule has 3 atom stereocenters. The summed E-state index contributed by atoms with van der Waals surface area (Å²) in [6, 6.07) is 10.8. The Kier molecular flexibility index (Phi) is 6.51. The molecule has 0 aliphatic carbocycles. The third kappa shape index (κ3) is 4.58. The monoisotopic (exact) mass is 277 g/mol. The molecule has 1 N–H and O–H groups in total. The van der Waals surface area contributed by atoms with Crippen molar-refractivity contribution in [3.05, 3.63) is 35.9 Å². The standard InChI is InChI=1S/C17H27NO2/c1-3-18-17(15-9-5-4-6-10-15)14(2)20-13-16-11-7-8-12-19-16/h4-6,9-10,14,16-18H,3,7-8,11-13H2,1-2H3. The van der Waals surface area contributed by atoms with E-state index in [4.69, 9.17) is 9.47 Å². The van der Waals surface area contributed by atoms with Gasteiger partial charge in [0.25, 0.3) is 0 Å². The predicted molar refractivity (Wildman–Crippen MR) is 81.9 cm³/mol. The molecule has 1 fully saturated rings. The summed E-state index contributed by atoms with van der Waals surface area (Å²) in [7, 11) is 0. The second kappa shape index (κ2) is 8.40. The maximum Gasteiger partial charge on any atom is 0.0808 e. The lowest BCUT2D eigenvalue weighted by atomic mass is 10.0. The summed E-state index contributed by atoms with van der Waals surface area (Å²) in [6.07, 6.45) is 4.00. The number of likely N-dealkylation sites (N-methyl/N-ethyl adjacent to an activating group) is 1. The van der Waals surface area contributed by atoms with Gasteiger partial charge in [0.05, 0.1) is 24.9 Å². The number of benzene rings is 1. The van der Waals surface area contributed by atoms with Crippen LogP contribution in [-0.2, 0) is 9.47 Å². The van der Waals surface area contributed by atoms with E-state index in [1.54, 1.807) is 0 Å². The molecule has 0 spiro atoms. The molecule has 3 nitrogen and oxygen atoms in total. The molecule has 0 aromatic heterocycles. The van der Waals surface area contributed by atoms with Gasteiger partial charge in [0.2, 0.25) is 0 Å². The first-order valence-corrected chi connectivity index (χ1v) is 7.82. The van der Waals surface area contributed by atoms with Crippen molar-refractivity contribution in [2.75, 3.05) is 19.8 Å². The predicted octanol–water partition coefficient (Wildman–Crippen LogP) is 3.31. The van der Waals surface area contributed by atoms with Crippen LogP contribution in [0.5, 0.6) is 0 Å². The minimum Gasteiger partial charge on any atom is -0.376 e. The molecule has 1 aliphatic rings. The van der Waals surface area contributed by atoms with Crippen LogP contribution < -0.4 is 5.32 Å². The quantitative estimate of drug-likeness (QED) is 0.829. The van der Waals surface area contributed by atoms with E-state index in [0.717, 1.165) is 19.6 Å². The van der Waals surface area contributed by atoms with Crippen molar-refractivity contribution < 1.29 is 9.47 Å². The van der Waals surface area contributed by atoms with Crippen LogP contribution in [0, 0.1) is 0 Å². The first-order chi connectivity index (χ1) is 9.81. The van der Waals surface area contributed by atoms with Crippen LogP contribution in [0.4, 0.5) is 0 Å². The minimum absolute atomic E-state index is 0.142. The lowest BCUT2D eigenvalue weighted by Gasteiger charge is -2.28. The lowest BCUT2D eigenvalue weighted by Crippen LogP contribution is -2.34. The normalized spacial score (nSPS) is 22.4. The molecule has 1 aromatic rings. The molecule has 0 saturated carbocycles. The summed E-state index contributed by atoms with van der Waals surface area (Å²) < 4.78 is 11.8. The van der Waals surface area contributed by atoms with Gasteiger partial charge >= 0.3 is 0 Å². The van der Waals surface area contributed by atoms with Crippen molar-refractivity contribution in [1.82, 2.24) is 5.32 Å². The van der Waals surface area contributed by atoms with E-state index < -0.39 is 0 Å². The average molecular weight is 277 g/mol. The van der Waals surface area contributed by atoms with E-state index >= 15 is 0 Å². The van der Waals surface area contributed by atoms with Crippen molar-refractivity contribution >= 4 is 0 Å². The van der Waals surface area contributed by atoms with E-state index in [-0.39, 0.29) is 18.2 Å². The Morgan fingerprint density at radius 3 is 2.75 bits per heavy atom. The largest absolute Gasteiger partial charge is 0.376 e. The number of nitrogens with one attached hydrogen (secondary N) is 1. The van der Waals surface area contributed by atoms with Crippen LogP contribution in [0.2, 0.25) is 0 Å². The molecule has 1 heterocycles. The highest BCUT2D eigenvalue weighted by Crippen LogP contribution is 2.20. The fraction of sp³-hybridized carbons (Fsp3) is 0.647. The van der Waals surface area contributed by atoms with Gasteiger partial charge in [0, 0.05) is 6.61 Å². The van der Waals surface area contributed by atoms with E-state index in [1.807, 2.05) is 6.07 Å². The van der Waals surface area contributed by atoms with Crippen LogP contribution in [0.15, 0.2) is 30.3 Å². The van der Waals surface area contributed by atoms with Gasteiger partial charge in [-0.1, -0.05) is 37.3 Å². The number of hydrogen-bond acceptors (Lipinski definition) is 3. The van der Waals surface area contributed by atoms with Gasteiger partial charge in [-0.2, -0.15) is 0 Å². The van der Waals surface area contributed by atoms with Gasteiger partial charge in [-0.05, 0) is 38.3 Å². The van der Waals surface area contributed by atoms with E-state index in [1.165, 1.54) is 18.4 Å². The van der Waals surface area contributed by atoms with E-state index in [0.29, 0.717) is 6.61 Å². The summed E-state index contributed by atoms with van der Waals surface area (Å²) in [5.41, 5.74) is 1.28. The molecule has 1 saturated heterocycles. The minimum atomic E-state index is 0.142. The first kappa shape index (κ1) is 15.5. The maximum absolute atomic E-state index is 6.06. The Hall–Kier alpha value is -0.900. The van der Waals surface area contributed by atoms with Crippen molar-refractivity contribution in [2.24, 2.45) is 0 Å². The lowest BCUT2D eigenvalue weighted by molar-refractivity contribution is -0.0664. The van der Waals surface area contributed by atoms with Gasteiger partial charge in [0.15, 0.2) is 0 Å². The molecule has 3 heteroatoms. The Morgan fingerprint density at radius 1 is 1.30 bits per heavy atom. The fourth-order valence-corrected chi connectivity index (χ4v) is 2.73. The number of hydrogen-bond donors (Lipinski definition) is 1. The van der Waals surface area contributed by atoms with E-state index in [9.17, 15) is 0 Å². The summed E-state index contributed by atoms with van der Waals surface area (Å²) in [5, 5.41) is 3.52. The summed E-state index contributed by atoms with van der Waals surface area (Å²) in [4.78, 5) is 0. The Labute approximate surface area is 122 Å². The van der Waals surface area contributed by atoms with Crippen molar-refractivity contribution in [3.8, 4) is 0 Å². The molecule has 0 bridgehead atoms. The Balaban J connectivity index is 1.88. The molecule has 3 unspecified atom stereocenters. The molecule has 0 amide bonds. The van der Waals surface area contributed by atoms with Gasteiger partial charge in [-0.15, -0.1) is 0 Å². The zero-order valence-electron chi connectivity index (χ0n) is 12.7. The molecular weight excluding hydrogens is 250 g/mol. The maximum atomic E-state index is 6.06. The topological polar surface area (TPSA) is 30.5 Å². The molecule has 0 radical (unpaired) electrons. The van der Waals surface area contributed by atoms with Gasteiger partial charge < -0.3 is 14.8 Å². The highest BCUT2D eigenvalue weighted by Gasteiger charge is 2.21. The van der Waals surface area contributed by atoms with Crippen LogP contribution >= 0.6 is 0 Å². The fourth-order valence-electron chi connectivity index (χ4n) is 2.73. The van der Waals surface area contributed by atoms with Crippen LogP contribution in [0.25, 0.3) is 0 Å².